The average molecular weight is 469 g/mol. The van der Waals surface area contributed by atoms with Crippen molar-refractivity contribution in [3.8, 4) is 11.3 Å². The number of carbonyl (C=O) groups excluding carboxylic acids is 1. The van der Waals surface area contributed by atoms with Crippen molar-refractivity contribution in [3.63, 3.8) is 0 Å². The van der Waals surface area contributed by atoms with Crippen molar-refractivity contribution in [2.24, 2.45) is 0 Å². The third-order valence-electron chi connectivity index (χ3n) is 6.22. The Balaban J connectivity index is 1.27. The summed E-state index contributed by atoms with van der Waals surface area (Å²) in [5.74, 6) is -0.939. The van der Waals surface area contributed by atoms with E-state index in [1.807, 2.05) is 12.1 Å². The number of aromatic nitrogens is 1. The first-order valence-corrected chi connectivity index (χ1v) is 11.7. The van der Waals surface area contributed by atoms with Crippen LogP contribution in [0, 0.1) is 11.6 Å². The molecular formula is C26H30F2N4O2. The second kappa shape index (κ2) is 11.4. The number of carbonyl (C=O) groups is 1. The van der Waals surface area contributed by atoms with Gasteiger partial charge >= 0.3 is 0 Å². The number of nitrogens with one attached hydrogen (secondary N) is 1. The molecule has 4 rings (SSSR count). The number of rotatable bonds is 9. The molecule has 0 radical (unpaired) electrons. The van der Waals surface area contributed by atoms with Crippen LogP contribution in [0.5, 0.6) is 0 Å². The summed E-state index contributed by atoms with van der Waals surface area (Å²) in [4.78, 5) is 21.5. The largest absolute Gasteiger partial charge is 0.441 e. The summed E-state index contributed by atoms with van der Waals surface area (Å²) < 4.78 is 32.6. The predicted octanol–water partition coefficient (Wildman–Crippen LogP) is 4.01. The summed E-state index contributed by atoms with van der Waals surface area (Å²) in [6, 6.07) is 11.5. The number of nitrogens with zero attached hydrogens (tertiary/aromatic N) is 3. The van der Waals surface area contributed by atoms with Crippen LogP contribution in [0.1, 0.15) is 30.4 Å². The minimum atomic E-state index is -0.716. The van der Waals surface area contributed by atoms with Gasteiger partial charge in [-0.25, -0.2) is 13.8 Å². The highest BCUT2D eigenvalue weighted by Gasteiger charge is 2.17. The highest BCUT2D eigenvalue weighted by molar-refractivity contribution is 5.76. The Kier molecular flexibility index (Phi) is 8.03. The van der Waals surface area contributed by atoms with Crippen molar-refractivity contribution in [1.29, 1.82) is 0 Å². The maximum atomic E-state index is 13.9. The first-order valence-electron chi connectivity index (χ1n) is 11.7. The molecule has 2 aromatic carbocycles. The van der Waals surface area contributed by atoms with Gasteiger partial charge in [-0.1, -0.05) is 31.2 Å². The molecule has 180 valence electrons. The highest BCUT2D eigenvalue weighted by atomic mass is 19.1. The van der Waals surface area contributed by atoms with E-state index < -0.39 is 11.6 Å². The molecule has 1 saturated heterocycles. The van der Waals surface area contributed by atoms with E-state index in [0.717, 1.165) is 57.0 Å². The van der Waals surface area contributed by atoms with E-state index in [0.29, 0.717) is 12.4 Å². The van der Waals surface area contributed by atoms with Gasteiger partial charge in [0.2, 0.25) is 5.91 Å². The Hall–Kier alpha value is -3.10. The number of amides is 1. The van der Waals surface area contributed by atoms with E-state index in [1.54, 1.807) is 0 Å². The Bertz CT molecular complexity index is 1110. The summed E-state index contributed by atoms with van der Waals surface area (Å²) >= 11 is 0. The molecule has 6 nitrogen and oxygen atoms in total. The number of piperazine rings is 1. The summed E-state index contributed by atoms with van der Waals surface area (Å²) in [5.41, 5.74) is 2.47. The van der Waals surface area contributed by atoms with Crippen molar-refractivity contribution < 1.29 is 18.0 Å². The fourth-order valence-corrected chi connectivity index (χ4v) is 4.13. The summed E-state index contributed by atoms with van der Waals surface area (Å²) in [5, 5.41) is 2.98. The average Bonchev–Trinajstić information content (AvgIpc) is 3.31. The van der Waals surface area contributed by atoms with Crippen molar-refractivity contribution in [3.05, 3.63) is 77.3 Å². The molecule has 1 fully saturated rings. The van der Waals surface area contributed by atoms with Gasteiger partial charge in [0.25, 0.3) is 0 Å². The first kappa shape index (κ1) is 24.0. The van der Waals surface area contributed by atoms with Gasteiger partial charge in [0.05, 0.1) is 11.8 Å². The maximum Gasteiger partial charge on any atom is 0.220 e. The molecule has 0 bridgehead atoms. The molecule has 2 heterocycles. The minimum absolute atomic E-state index is 0.112. The Morgan fingerprint density at radius 2 is 1.79 bits per heavy atom. The van der Waals surface area contributed by atoms with Gasteiger partial charge in [-0.15, -0.1) is 0 Å². The van der Waals surface area contributed by atoms with Crippen LogP contribution in [0.25, 0.3) is 11.3 Å². The zero-order chi connectivity index (χ0) is 23.9. The molecule has 0 saturated carbocycles. The van der Waals surface area contributed by atoms with Crippen LogP contribution in [0.2, 0.25) is 0 Å². The quantitative estimate of drug-likeness (QED) is 0.514. The van der Waals surface area contributed by atoms with Crippen LogP contribution in [0.3, 0.4) is 0 Å². The van der Waals surface area contributed by atoms with Gasteiger partial charge in [-0.05, 0) is 29.8 Å². The van der Waals surface area contributed by atoms with Crippen molar-refractivity contribution >= 4 is 5.91 Å². The third kappa shape index (κ3) is 6.27. The molecule has 0 unspecified atom stereocenters. The normalized spacial score (nSPS) is 14.9. The highest BCUT2D eigenvalue weighted by Crippen LogP contribution is 2.24. The van der Waals surface area contributed by atoms with Crippen LogP contribution in [-0.4, -0.2) is 53.4 Å². The molecule has 1 amide bonds. The van der Waals surface area contributed by atoms with Crippen LogP contribution < -0.4 is 5.32 Å². The monoisotopic (exact) mass is 468 g/mol. The Labute approximate surface area is 198 Å². The lowest BCUT2D eigenvalue weighted by atomic mass is 10.1. The smallest absolute Gasteiger partial charge is 0.220 e. The van der Waals surface area contributed by atoms with Gasteiger partial charge in [0.1, 0.15) is 11.6 Å². The summed E-state index contributed by atoms with van der Waals surface area (Å²) in [6.45, 7) is 8.90. The number of hydrogen-bond donors (Lipinski definition) is 1. The summed E-state index contributed by atoms with van der Waals surface area (Å²) in [6.07, 6.45) is 1.88. The zero-order valence-corrected chi connectivity index (χ0v) is 19.4. The van der Waals surface area contributed by atoms with Gasteiger partial charge in [0.15, 0.2) is 11.7 Å². The van der Waals surface area contributed by atoms with E-state index in [9.17, 15) is 13.6 Å². The van der Waals surface area contributed by atoms with Crippen LogP contribution in [-0.2, 0) is 24.3 Å². The molecule has 34 heavy (non-hydrogen) atoms. The molecule has 0 aliphatic carbocycles. The number of hydrogen-bond acceptors (Lipinski definition) is 5. The molecule has 8 heteroatoms. The first-order chi connectivity index (χ1) is 16.5. The summed E-state index contributed by atoms with van der Waals surface area (Å²) in [7, 11) is 0. The van der Waals surface area contributed by atoms with Gasteiger partial charge < -0.3 is 14.6 Å². The molecule has 1 aromatic heterocycles. The fourth-order valence-electron chi connectivity index (χ4n) is 4.13. The van der Waals surface area contributed by atoms with E-state index in [2.05, 4.69) is 39.2 Å². The van der Waals surface area contributed by atoms with Gasteiger partial charge in [-0.3, -0.25) is 9.69 Å². The molecule has 0 atom stereocenters. The van der Waals surface area contributed by atoms with Gasteiger partial charge in [-0.2, -0.15) is 0 Å². The standard InChI is InChI=1S/C26H30F2N4O2/c1-2-31-11-13-32(14-12-31)18-20-6-4-3-5-19(20)16-29-25(33)9-10-26-30-17-24(34-26)22-8-7-21(27)15-23(22)28/h3-8,15,17H,2,9-14,16,18H2,1H3,(H,29,33). The van der Waals surface area contributed by atoms with Crippen LogP contribution in [0.4, 0.5) is 8.78 Å². The van der Waals surface area contributed by atoms with E-state index in [1.165, 1.54) is 17.8 Å². The minimum Gasteiger partial charge on any atom is -0.441 e. The zero-order valence-electron chi connectivity index (χ0n) is 19.4. The van der Waals surface area contributed by atoms with Gasteiger partial charge in [0, 0.05) is 58.2 Å². The van der Waals surface area contributed by atoms with E-state index in [-0.39, 0.29) is 30.1 Å². The lowest BCUT2D eigenvalue weighted by Gasteiger charge is -2.34. The molecule has 1 aliphatic rings. The topological polar surface area (TPSA) is 61.6 Å². The number of oxazole rings is 1. The molecule has 1 N–H and O–H groups in total. The third-order valence-corrected chi connectivity index (χ3v) is 6.22. The second-order valence-electron chi connectivity index (χ2n) is 8.50. The van der Waals surface area contributed by atoms with Crippen LogP contribution in [0.15, 0.2) is 53.1 Å². The molecule has 1 aliphatic heterocycles. The Morgan fingerprint density at radius 1 is 1.06 bits per heavy atom. The number of aryl methyl sites for hydroxylation is 1. The number of likely N-dealkylation sites (N-methyl/N-ethyl adjacent to an activating group) is 1. The predicted molar refractivity (Wildman–Crippen MR) is 126 cm³/mol. The fraction of sp³-hybridized carbons (Fsp3) is 0.385. The molecule has 3 aromatic rings. The lowest BCUT2D eigenvalue weighted by molar-refractivity contribution is -0.121. The lowest BCUT2D eigenvalue weighted by Crippen LogP contribution is -2.45. The number of benzene rings is 2. The number of halogens is 2. The maximum absolute atomic E-state index is 13.9. The molecule has 0 spiro atoms. The van der Waals surface area contributed by atoms with Crippen LogP contribution >= 0.6 is 0 Å². The van der Waals surface area contributed by atoms with E-state index >= 15 is 0 Å². The van der Waals surface area contributed by atoms with Crippen molar-refractivity contribution in [2.45, 2.75) is 32.9 Å². The molecular weight excluding hydrogens is 438 g/mol. The van der Waals surface area contributed by atoms with Crippen molar-refractivity contribution in [2.75, 3.05) is 32.7 Å². The SMILES string of the molecule is CCN1CCN(Cc2ccccc2CNC(=O)CCc2ncc(-c3ccc(F)cc3F)o2)CC1. The van der Waals surface area contributed by atoms with Crippen molar-refractivity contribution in [1.82, 2.24) is 20.1 Å². The Morgan fingerprint density at radius 3 is 2.53 bits per heavy atom. The van der Waals surface area contributed by atoms with E-state index in [4.69, 9.17) is 4.42 Å². The second-order valence-corrected chi connectivity index (χ2v) is 8.50.